The van der Waals surface area contributed by atoms with E-state index in [0.717, 1.165) is 19.4 Å². The standard InChI is InChI=1S/C13H22N2O3/c1-8-6-15(7-11(8)13(17)18)12(16)10-3-4-14-9(2)5-10/h8-11,14H,3-7H2,1-2H3,(H,17,18). The van der Waals surface area contributed by atoms with Crippen LogP contribution in [0.25, 0.3) is 0 Å². The second-order valence-electron chi connectivity index (χ2n) is 5.74. The maximum Gasteiger partial charge on any atom is 0.308 e. The third kappa shape index (κ3) is 2.66. The molecular weight excluding hydrogens is 232 g/mol. The van der Waals surface area contributed by atoms with Gasteiger partial charge in [-0.2, -0.15) is 0 Å². The minimum Gasteiger partial charge on any atom is -0.481 e. The smallest absolute Gasteiger partial charge is 0.308 e. The molecule has 2 rings (SSSR count). The molecule has 2 aliphatic rings. The number of hydrogen-bond donors (Lipinski definition) is 2. The summed E-state index contributed by atoms with van der Waals surface area (Å²) in [4.78, 5) is 25.2. The van der Waals surface area contributed by atoms with E-state index in [9.17, 15) is 9.59 Å². The third-order valence-corrected chi connectivity index (χ3v) is 4.21. The van der Waals surface area contributed by atoms with Gasteiger partial charge in [0, 0.05) is 25.0 Å². The summed E-state index contributed by atoms with van der Waals surface area (Å²) in [5.74, 6) is -0.893. The van der Waals surface area contributed by atoms with Gasteiger partial charge in [0.15, 0.2) is 0 Å². The summed E-state index contributed by atoms with van der Waals surface area (Å²) >= 11 is 0. The zero-order chi connectivity index (χ0) is 13.3. The molecule has 0 saturated carbocycles. The molecule has 4 atom stereocenters. The topological polar surface area (TPSA) is 69.6 Å². The Kier molecular flexibility index (Phi) is 3.90. The van der Waals surface area contributed by atoms with E-state index in [2.05, 4.69) is 12.2 Å². The van der Waals surface area contributed by atoms with Gasteiger partial charge in [-0.3, -0.25) is 9.59 Å². The highest BCUT2D eigenvalue weighted by molar-refractivity contribution is 5.81. The van der Waals surface area contributed by atoms with Crippen molar-refractivity contribution in [2.75, 3.05) is 19.6 Å². The van der Waals surface area contributed by atoms with E-state index in [1.165, 1.54) is 0 Å². The van der Waals surface area contributed by atoms with Crippen molar-refractivity contribution in [2.45, 2.75) is 32.7 Å². The van der Waals surface area contributed by atoms with Crippen LogP contribution >= 0.6 is 0 Å². The Labute approximate surface area is 108 Å². The number of nitrogens with zero attached hydrogens (tertiary/aromatic N) is 1. The number of aliphatic carboxylic acids is 1. The van der Waals surface area contributed by atoms with Crippen LogP contribution in [-0.2, 0) is 9.59 Å². The van der Waals surface area contributed by atoms with Crippen molar-refractivity contribution >= 4 is 11.9 Å². The molecule has 102 valence electrons. The minimum atomic E-state index is -0.781. The van der Waals surface area contributed by atoms with Crippen LogP contribution in [0.5, 0.6) is 0 Å². The molecule has 2 N–H and O–H groups in total. The Bertz CT molecular complexity index is 345. The molecule has 1 amide bonds. The predicted octanol–water partition coefficient (Wildman–Crippen LogP) is 0.554. The average Bonchev–Trinajstić information content (AvgIpc) is 2.70. The van der Waals surface area contributed by atoms with Crippen molar-refractivity contribution < 1.29 is 14.7 Å². The van der Waals surface area contributed by atoms with Crippen LogP contribution in [0.15, 0.2) is 0 Å². The van der Waals surface area contributed by atoms with Crippen LogP contribution in [0.4, 0.5) is 0 Å². The first-order chi connectivity index (χ1) is 8.49. The zero-order valence-electron chi connectivity index (χ0n) is 11.1. The molecule has 0 aromatic heterocycles. The van der Waals surface area contributed by atoms with Crippen molar-refractivity contribution in [3.8, 4) is 0 Å². The van der Waals surface area contributed by atoms with Crippen molar-refractivity contribution in [1.29, 1.82) is 0 Å². The van der Waals surface area contributed by atoms with Crippen molar-refractivity contribution in [2.24, 2.45) is 17.8 Å². The molecule has 0 aliphatic carbocycles. The van der Waals surface area contributed by atoms with Crippen molar-refractivity contribution in [3.05, 3.63) is 0 Å². The second kappa shape index (κ2) is 5.26. The number of nitrogens with one attached hydrogen (secondary N) is 1. The molecule has 2 heterocycles. The van der Waals surface area contributed by atoms with Gasteiger partial charge in [0.05, 0.1) is 5.92 Å². The van der Waals surface area contributed by atoms with E-state index in [0.29, 0.717) is 19.1 Å². The monoisotopic (exact) mass is 254 g/mol. The number of amides is 1. The van der Waals surface area contributed by atoms with Gasteiger partial charge in [-0.1, -0.05) is 6.92 Å². The van der Waals surface area contributed by atoms with Crippen LogP contribution in [0.3, 0.4) is 0 Å². The van der Waals surface area contributed by atoms with Crippen LogP contribution < -0.4 is 5.32 Å². The summed E-state index contributed by atoms with van der Waals surface area (Å²) in [6.07, 6.45) is 1.73. The molecule has 2 aliphatic heterocycles. The van der Waals surface area contributed by atoms with Gasteiger partial charge in [-0.25, -0.2) is 0 Å². The van der Waals surface area contributed by atoms with E-state index in [1.54, 1.807) is 4.90 Å². The summed E-state index contributed by atoms with van der Waals surface area (Å²) in [5.41, 5.74) is 0. The molecule has 0 aromatic rings. The lowest BCUT2D eigenvalue weighted by atomic mass is 9.92. The highest BCUT2D eigenvalue weighted by Gasteiger charge is 2.39. The fraction of sp³-hybridized carbons (Fsp3) is 0.846. The average molecular weight is 254 g/mol. The SMILES string of the molecule is CC1CC(C(=O)N2CC(C)C(C(=O)O)C2)CCN1. The van der Waals surface area contributed by atoms with Crippen LogP contribution in [-0.4, -0.2) is 47.6 Å². The Morgan fingerprint density at radius 1 is 1.28 bits per heavy atom. The largest absolute Gasteiger partial charge is 0.481 e. The lowest BCUT2D eigenvalue weighted by Gasteiger charge is -2.30. The molecule has 5 nitrogen and oxygen atoms in total. The van der Waals surface area contributed by atoms with Crippen molar-refractivity contribution in [1.82, 2.24) is 10.2 Å². The summed E-state index contributed by atoms with van der Waals surface area (Å²) in [7, 11) is 0. The normalized spacial score (nSPS) is 36.7. The highest BCUT2D eigenvalue weighted by atomic mass is 16.4. The van der Waals surface area contributed by atoms with Gasteiger partial charge in [-0.15, -0.1) is 0 Å². The first kappa shape index (κ1) is 13.3. The number of likely N-dealkylation sites (tertiary alicyclic amines) is 1. The minimum absolute atomic E-state index is 0.0607. The summed E-state index contributed by atoms with van der Waals surface area (Å²) in [5, 5.41) is 12.4. The van der Waals surface area contributed by atoms with Gasteiger partial charge < -0.3 is 15.3 Å². The highest BCUT2D eigenvalue weighted by Crippen LogP contribution is 2.27. The molecule has 0 radical (unpaired) electrons. The number of hydrogen-bond acceptors (Lipinski definition) is 3. The molecule has 0 spiro atoms. The number of piperidine rings is 1. The van der Waals surface area contributed by atoms with Crippen LogP contribution in [0.2, 0.25) is 0 Å². The summed E-state index contributed by atoms with van der Waals surface area (Å²) in [6, 6.07) is 0.378. The van der Waals surface area contributed by atoms with Crippen LogP contribution in [0, 0.1) is 17.8 Å². The second-order valence-corrected chi connectivity index (χ2v) is 5.74. The molecule has 4 unspecified atom stereocenters. The fourth-order valence-electron chi connectivity index (χ4n) is 3.08. The third-order valence-electron chi connectivity index (χ3n) is 4.21. The molecule has 2 saturated heterocycles. The maximum atomic E-state index is 12.4. The Hall–Kier alpha value is -1.10. The van der Waals surface area contributed by atoms with Crippen molar-refractivity contribution in [3.63, 3.8) is 0 Å². The molecule has 5 heteroatoms. The van der Waals surface area contributed by atoms with E-state index in [-0.39, 0.29) is 17.7 Å². The Balaban J connectivity index is 1.96. The molecule has 0 bridgehead atoms. The number of carbonyl (C=O) groups excluding carboxylic acids is 1. The summed E-state index contributed by atoms with van der Waals surface area (Å²) in [6.45, 7) is 5.86. The van der Waals surface area contributed by atoms with Gasteiger partial charge in [0.1, 0.15) is 0 Å². The van der Waals surface area contributed by atoms with E-state index < -0.39 is 11.9 Å². The van der Waals surface area contributed by atoms with E-state index >= 15 is 0 Å². The number of rotatable bonds is 2. The Morgan fingerprint density at radius 3 is 2.56 bits per heavy atom. The molecule has 0 aromatic carbocycles. The fourth-order valence-corrected chi connectivity index (χ4v) is 3.08. The lowest BCUT2D eigenvalue weighted by molar-refractivity contribution is -0.142. The van der Waals surface area contributed by atoms with E-state index in [4.69, 9.17) is 5.11 Å². The number of carbonyl (C=O) groups is 2. The predicted molar refractivity (Wildman–Crippen MR) is 67.1 cm³/mol. The zero-order valence-corrected chi connectivity index (χ0v) is 11.1. The molecule has 2 fully saturated rings. The van der Waals surface area contributed by atoms with E-state index in [1.807, 2.05) is 6.92 Å². The lowest BCUT2D eigenvalue weighted by Crippen LogP contribution is -2.43. The molecule has 18 heavy (non-hydrogen) atoms. The Morgan fingerprint density at radius 2 is 2.00 bits per heavy atom. The van der Waals surface area contributed by atoms with Gasteiger partial charge in [0.25, 0.3) is 0 Å². The number of carboxylic acids is 1. The van der Waals surface area contributed by atoms with Gasteiger partial charge in [-0.05, 0) is 32.2 Å². The first-order valence-electron chi connectivity index (χ1n) is 6.74. The molecular formula is C13H22N2O3. The van der Waals surface area contributed by atoms with Gasteiger partial charge in [0.2, 0.25) is 5.91 Å². The maximum absolute atomic E-state index is 12.4. The quantitative estimate of drug-likeness (QED) is 0.755. The van der Waals surface area contributed by atoms with Crippen LogP contribution in [0.1, 0.15) is 26.7 Å². The summed E-state index contributed by atoms with van der Waals surface area (Å²) < 4.78 is 0. The number of carboxylic acid groups (broad SMARTS) is 1. The van der Waals surface area contributed by atoms with Gasteiger partial charge >= 0.3 is 5.97 Å². The first-order valence-corrected chi connectivity index (χ1v) is 6.74.